The zero-order valence-corrected chi connectivity index (χ0v) is 6.75. The molecule has 0 saturated carbocycles. The first-order chi connectivity index (χ1) is 4.75. The molecule has 1 atom stereocenters. The average molecular weight is 156 g/mol. The predicted molar refractivity (Wildman–Crippen MR) is 43.1 cm³/mol. The van der Waals surface area contributed by atoms with Crippen LogP contribution in [-0.2, 0) is 9.47 Å². The van der Waals surface area contributed by atoms with Crippen molar-refractivity contribution in [3.63, 3.8) is 0 Å². The van der Waals surface area contributed by atoms with E-state index in [1.165, 1.54) is 0 Å². The summed E-state index contributed by atoms with van der Waals surface area (Å²) in [6.45, 7) is 7.49. The van der Waals surface area contributed by atoms with Crippen LogP contribution in [0.2, 0.25) is 0 Å². The molecule has 0 aromatic carbocycles. The maximum Gasteiger partial charge on any atom is 0.231 e. The molecule has 1 rings (SSSR count). The number of ether oxygens (including phenoxy) is 2. The van der Waals surface area contributed by atoms with Gasteiger partial charge in [-0.3, -0.25) is 0 Å². The first-order valence-electron chi connectivity index (χ1n) is 2.82. The smallest absolute Gasteiger partial charge is 0.231 e. The third kappa shape index (κ3) is 1.22. The van der Waals surface area contributed by atoms with E-state index < -0.39 is 0 Å². The van der Waals surface area contributed by atoms with Gasteiger partial charge in [-0.1, -0.05) is 19.2 Å². The van der Waals surface area contributed by atoms with Gasteiger partial charge >= 0.3 is 0 Å². The van der Waals surface area contributed by atoms with E-state index in [1.54, 1.807) is 6.08 Å². The molecule has 10 heavy (non-hydrogen) atoms. The van der Waals surface area contributed by atoms with Crippen molar-refractivity contribution in [1.29, 1.82) is 0 Å². The molecule has 1 saturated heterocycles. The second-order valence-corrected chi connectivity index (χ2v) is 2.44. The molecule has 1 unspecified atom stereocenters. The average Bonchev–Trinajstić information content (AvgIpc) is 2.34. The van der Waals surface area contributed by atoms with E-state index in [2.05, 4.69) is 22.4 Å². The van der Waals surface area contributed by atoms with Crippen molar-refractivity contribution >= 4 is 9.24 Å². The van der Waals surface area contributed by atoms with Crippen LogP contribution >= 0.6 is 9.24 Å². The van der Waals surface area contributed by atoms with Crippen LogP contribution in [0, 0.1) is 0 Å². The first-order valence-corrected chi connectivity index (χ1v) is 3.40. The van der Waals surface area contributed by atoms with Gasteiger partial charge in [-0.15, -0.1) is 9.24 Å². The molecule has 0 spiro atoms. The molecule has 0 aromatic heterocycles. The van der Waals surface area contributed by atoms with Crippen LogP contribution in [-0.4, -0.2) is 6.79 Å². The van der Waals surface area contributed by atoms with Crippen LogP contribution in [0.25, 0.3) is 0 Å². The van der Waals surface area contributed by atoms with Crippen molar-refractivity contribution in [3.8, 4) is 0 Å². The lowest BCUT2D eigenvalue weighted by atomic mass is 10.4. The molecule has 0 bridgehead atoms. The van der Waals surface area contributed by atoms with E-state index in [1.807, 2.05) is 0 Å². The van der Waals surface area contributed by atoms with Gasteiger partial charge in [-0.25, -0.2) is 0 Å². The zero-order valence-electron chi connectivity index (χ0n) is 5.59. The molecule has 1 fully saturated rings. The molecular formula is C7H9O2P. The highest BCUT2D eigenvalue weighted by molar-refractivity contribution is 7.23. The van der Waals surface area contributed by atoms with E-state index in [-0.39, 0.29) is 6.79 Å². The van der Waals surface area contributed by atoms with Crippen LogP contribution in [0.3, 0.4) is 0 Å². The highest BCUT2D eigenvalue weighted by Crippen LogP contribution is 2.26. The minimum Gasteiger partial charge on any atom is -0.454 e. The molecule has 3 heteroatoms. The Kier molecular flexibility index (Phi) is 2.13. The lowest BCUT2D eigenvalue weighted by molar-refractivity contribution is 0.0978. The molecule has 0 N–H and O–H groups in total. The topological polar surface area (TPSA) is 18.5 Å². The van der Waals surface area contributed by atoms with Crippen molar-refractivity contribution < 1.29 is 9.47 Å². The van der Waals surface area contributed by atoms with Crippen molar-refractivity contribution in [2.45, 2.75) is 0 Å². The minimum absolute atomic E-state index is 0.264. The van der Waals surface area contributed by atoms with Gasteiger partial charge in [0.2, 0.25) is 6.79 Å². The molecule has 0 aromatic rings. The highest BCUT2D eigenvalue weighted by atomic mass is 31.0. The quantitative estimate of drug-likeness (QED) is 0.538. The first kappa shape index (κ1) is 7.36. The minimum atomic E-state index is 0.264. The fourth-order valence-electron chi connectivity index (χ4n) is 0.643. The highest BCUT2D eigenvalue weighted by Gasteiger charge is 2.15. The third-order valence-corrected chi connectivity index (χ3v) is 1.67. The Morgan fingerprint density at radius 2 is 2.30 bits per heavy atom. The fourth-order valence-corrected chi connectivity index (χ4v) is 0.887. The summed E-state index contributed by atoms with van der Waals surface area (Å²) >= 11 is 0. The summed E-state index contributed by atoms with van der Waals surface area (Å²) in [5, 5.41) is 0.877. The Bertz CT molecular complexity index is 206. The summed E-state index contributed by atoms with van der Waals surface area (Å²) in [6.07, 6.45) is 1.68. The molecule has 1 aliphatic heterocycles. The third-order valence-electron chi connectivity index (χ3n) is 1.17. The molecule has 0 aliphatic carbocycles. The zero-order chi connectivity index (χ0) is 7.56. The molecule has 1 aliphatic rings. The lowest BCUT2D eigenvalue weighted by Gasteiger charge is -1.96. The van der Waals surface area contributed by atoms with Crippen LogP contribution in [0.4, 0.5) is 0 Å². The van der Waals surface area contributed by atoms with Gasteiger partial charge < -0.3 is 9.47 Å². The van der Waals surface area contributed by atoms with Crippen LogP contribution in [0.5, 0.6) is 0 Å². The van der Waals surface area contributed by atoms with Crippen molar-refractivity contribution in [3.05, 3.63) is 36.1 Å². The number of allylic oxidation sites excluding steroid dienone is 2. The fraction of sp³-hybridized carbons (Fsp3) is 0.143. The van der Waals surface area contributed by atoms with E-state index in [4.69, 9.17) is 9.47 Å². The number of hydrogen-bond donors (Lipinski definition) is 0. The van der Waals surface area contributed by atoms with Crippen molar-refractivity contribution in [2.75, 3.05) is 6.79 Å². The van der Waals surface area contributed by atoms with Crippen molar-refractivity contribution in [1.82, 2.24) is 0 Å². The van der Waals surface area contributed by atoms with Crippen molar-refractivity contribution in [2.24, 2.45) is 0 Å². The van der Waals surface area contributed by atoms with Gasteiger partial charge in [-0.05, 0) is 0 Å². The van der Waals surface area contributed by atoms with Gasteiger partial charge in [0.1, 0.15) is 0 Å². The second-order valence-electron chi connectivity index (χ2n) is 1.82. The SMILES string of the molecule is C=C/C(P)=C1/OCOC1=C. The van der Waals surface area contributed by atoms with Gasteiger partial charge in [0.05, 0.1) is 0 Å². The van der Waals surface area contributed by atoms with Crippen LogP contribution < -0.4 is 0 Å². The molecular weight excluding hydrogens is 147 g/mol. The standard InChI is InChI=1S/C7H9O2P/c1-3-6(10)7-5(2)8-4-9-7/h3H,1-2,4,10H2/b7-6-. The summed E-state index contributed by atoms with van der Waals surface area (Å²) in [4.78, 5) is 0. The normalized spacial score (nSPS) is 21.5. The maximum absolute atomic E-state index is 5.08. The number of rotatable bonds is 1. The van der Waals surface area contributed by atoms with Crippen LogP contribution in [0.15, 0.2) is 36.1 Å². The predicted octanol–water partition coefficient (Wildman–Crippen LogP) is 1.78. The second kappa shape index (κ2) is 2.89. The van der Waals surface area contributed by atoms with Crippen LogP contribution in [0.1, 0.15) is 0 Å². The monoisotopic (exact) mass is 156 g/mol. The lowest BCUT2D eigenvalue weighted by Crippen LogP contribution is -1.81. The summed E-state index contributed by atoms with van der Waals surface area (Å²) < 4.78 is 10.0. The molecule has 0 radical (unpaired) electrons. The largest absolute Gasteiger partial charge is 0.454 e. The Labute approximate surface area is 62.4 Å². The van der Waals surface area contributed by atoms with E-state index in [9.17, 15) is 0 Å². The summed E-state index contributed by atoms with van der Waals surface area (Å²) in [6, 6.07) is 0. The van der Waals surface area contributed by atoms with Gasteiger partial charge in [0.25, 0.3) is 0 Å². The van der Waals surface area contributed by atoms with Gasteiger partial charge in [0.15, 0.2) is 11.5 Å². The summed E-state index contributed by atoms with van der Waals surface area (Å²) in [5.74, 6) is 1.25. The molecule has 54 valence electrons. The Morgan fingerprint density at radius 3 is 2.70 bits per heavy atom. The van der Waals surface area contributed by atoms with Gasteiger partial charge in [0, 0.05) is 5.31 Å². The Morgan fingerprint density at radius 1 is 1.60 bits per heavy atom. The Hall–Kier alpha value is -0.750. The number of hydrogen-bond acceptors (Lipinski definition) is 2. The maximum atomic E-state index is 5.08. The molecule has 2 nitrogen and oxygen atoms in total. The van der Waals surface area contributed by atoms with Gasteiger partial charge in [-0.2, -0.15) is 0 Å². The summed E-state index contributed by atoms with van der Waals surface area (Å²) in [7, 11) is 2.50. The molecule has 0 amide bonds. The Balaban J connectivity index is 2.89. The molecule has 1 heterocycles. The van der Waals surface area contributed by atoms with E-state index in [0.717, 1.165) is 5.31 Å². The summed E-state index contributed by atoms with van der Waals surface area (Å²) in [5.41, 5.74) is 0. The van der Waals surface area contributed by atoms with E-state index >= 15 is 0 Å². The van der Waals surface area contributed by atoms with E-state index in [0.29, 0.717) is 11.5 Å².